The van der Waals surface area contributed by atoms with Crippen molar-refractivity contribution in [3.63, 3.8) is 0 Å². The van der Waals surface area contributed by atoms with Gasteiger partial charge in [0.05, 0.1) is 11.3 Å². The third-order valence-electron chi connectivity index (χ3n) is 5.32. The number of nitrogens with one attached hydrogen (secondary N) is 1. The zero-order valence-corrected chi connectivity index (χ0v) is 18.1. The molecular weight excluding hydrogens is 416 g/mol. The van der Waals surface area contributed by atoms with Crippen LogP contribution in [0.4, 0.5) is 5.69 Å². The fraction of sp³-hybridized carbons (Fsp3) is 0.409. The Labute approximate surface area is 183 Å². The van der Waals surface area contributed by atoms with E-state index in [1.54, 1.807) is 31.2 Å². The standard InChI is InChI=1S/C22H24N4O4S/c1-2-18(27)23-16-10-6-9-15(11-16)21(29)30-13-17-12-19(28)26-22(24-17)31-20(25-26)14-7-4-3-5-8-14/h6,9-12,14H,2-5,7-8,13H2,1H3,(H,23,27). The molecule has 1 amide bonds. The Morgan fingerprint density at radius 1 is 1.23 bits per heavy atom. The molecule has 31 heavy (non-hydrogen) atoms. The van der Waals surface area contributed by atoms with E-state index in [9.17, 15) is 14.4 Å². The lowest BCUT2D eigenvalue weighted by Gasteiger charge is -2.18. The topological polar surface area (TPSA) is 103 Å². The number of amides is 1. The van der Waals surface area contributed by atoms with Gasteiger partial charge in [0, 0.05) is 24.1 Å². The molecule has 2 aromatic heterocycles. The molecule has 162 valence electrons. The normalized spacial score (nSPS) is 14.5. The second kappa shape index (κ2) is 9.38. The van der Waals surface area contributed by atoms with Gasteiger partial charge in [0.2, 0.25) is 10.9 Å². The molecule has 4 rings (SSSR count). The lowest BCUT2D eigenvalue weighted by molar-refractivity contribution is -0.115. The molecule has 1 fully saturated rings. The molecule has 1 aliphatic rings. The van der Waals surface area contributed by atoms with Gasteiger partial charge in [0.25, 0.3) is 5.56 Å². The lowest BCUT2D eigenvalue weighted by Crippen LogP contribution is -2.17. The lowest BCUT2D eigenvalue weighted by atomic mass is 9.90. The highest BCUT2D eigenvalue weighted by Crippen LogP contribution is 2.34. The first-order valence-electron chi connectivity index (χ1n) is 10.5. The van der Waals surface area contributed by atoms with Crippen LogP contribution in [0, 0.1) is 0 Å². The fourth-order valence-corrected chi connectivity index (χ4v) is 4.75. The molecule has 1 N–H and O–H groups in total. The zero-order valence-electron chi connectivity index (χ0n) is 17.3. The Bertz CT molecular complexity index is 1160. The van der Waals surface area contributed by atoms with Crippen molar-refractivity contribution >= 4 is 33.9 Å². The van der Waals surface area contributed by atoms with Crippen molar-refractivity contribution in [1.82, 2.24) is 14.6 Å². The van der Waals surface area contributed by atoms with Gasteiger partial charge in [0.1, 0.15) is 11.6 Å². The largest absolute Gasteiger partial charge is 0.456 e. The molecule has 1 saturated carbocycles. The maximum absolute atomic E-state index is 12.5. The summed E-state index contributed by atoms with van der Waals surface area (Å²) in [6.07, 6.45) is 6.16. The van der Waals surface area contributed by atoms with Crippen molar-refractivity contribution in [2.24, 2.45) is 0 Å². The van der Waals surface area contributed by atoms with Crippen molar-refractivity contribution in [3.05, 3.63) is 57.0 Å². The van der Waals surface area contributed by atoms with Gasteiger partial charge in [-0.15, -0.1) is 0 Å². The van der Waals surface area contributed by atoms with Gasteiger partial charge in [-0.1, -0.05) is 43.6 Å². The van der Waals surface area contributed by atoms with E-state index in [1.807, 2.05) is 0 Å². The minimum atomic E-state index is -0.554. The first-order valence-corrected chi connectivity index (χ1v) is 11.3. The van der Waals surface area contributed by atoms with Crippen LogP contribution in [-0.2, 0) is 16.1 Å². The Kier molecular flexibility index (Phi) is 6.41. The second-order valence-corrected chi connectivity index (χ2v) is 8.60. The van der Waals surface area contributed by atoms with Gasteiger partial charge in [-0.3, -0.25) is 9.59 Å². The van der Waals surface area contributed by atoms with Crippen molar-refractivity contribution in [1.29, 1.82) is 0 Å². The molecule has 1 aliphatic carbocycles. The van der Waals surface area contributed by atoms with Crippen LogP contribution in [0.15, 0.2) is 35.1 Å². The zero-order chi connectivity index (χ0) is 21.8. The van der Waals surface area contributed by atoms with E-state index in [0.29, 0.717) is 34.2 Å². The van der Waals surface area contributed by atoms with Gasteiger partial charge in [-0.2, -0.15) is 9.61 Å². The maximum Gasteiger partial charge on any atom is 0.338 e. The summed E-state index contributed by atoms with van der Waals surface area (Å²) in [5.41, 5.74) is 0.939. The number of ether oxygens (including phenoxy) is 1. The molecular formula is C22H24N4O4S. The first-order chi connectivity index (χ1) is 15.0. The first kappa shape index (κ1) is 21.2. The highest BCUT2D eigenvalue weighted by Gasteiger charge is 2.21. The van der Waals surface area contributed by atoms with E-state index in [0.717, 1.165) is 17.8 Å². The highest BCUT2D eigenvalue weighted by molar-refractivity contribution is 7.16. The molecule has 0 aliphatic heterocycles. The van der Waals surface area contributed by atoms with Gasteiger partial charge < -0.3 is 10.1 Å². The maximum atomic E-state index is 12.5. The highest BCUT2D eigenvalue weighted by atomic mass is 32.1. The quantitative estimate of drug-likeness (QED) is 0.583. The summed E-state index contributed by atoms with van der Waals surface area (Å²) in [5, 5.41) is 8.14. The molecule has 0 saturated heterocycles. The smallest absolute Gasteiger partial charge is 0.338 e. The van der Waals surface area contributed by atoms with E-state index in [4.69, 9.17) is 4.74 Å². The summed E-state index contributed by atoms with van der Waals surface area (Å²) in [6, 6.07) is 7.88. The van der Waals surface area contributed by atoms with Crippen LogP contribution in [0.1, 0.15) is 72.4 Å². The van der Waals surface area contributed by atoms with Crippen LogP contribution in [0.5, 0.6) is 0 Å². The average molecular weight is 441 g/mol. The van der Waals surface area contributed by atoms with E-state index in [1.165, 1.54) is 41.2 Å². The Morgan fingerprint density at radius 2 is 2.03 bits per heavy atom. The average Bonchev–Trinajstić information content (AvgIpc) is 3.23. The minimum absolute atomic E-state index is 0.118. The predicted molar refractivity (Wildman–Crippen MR) is 117 cm³/mol. The summed E-state index contributed by atoms with van der Waals surface area (Å²) < 4.78 is 6.68. The van der Waals surface area contributed by atoms with Crippen molar-refractivity contribution in [3.8, 4) is 0 Å². The van der Waals surface area contributed by atoms with Crippen LogP contribution in [0.25, 0.3) is 4.96 Å². The molecule has 3 aromatic rings. The number of anilines is 1. The molecule has 9 heteroatoms. The third kappa shape index (κ3) is 4.99. The van der Waals surface area contributed by atoms with Gasteiger partial charge >= 0.3 is 5.97 Å². The van der Waals surface area contributed by atoms with Crippen LogP contribution >= 0.6 is 11.3 Å². The summed E-state index contributed by atoms with van der Waals surface area (Å²) >= 11 is 1.43. The number of aromatic nitrogens is 3. The van der Waals surface area contributed by atoms with Gasteiger partial charge in [-0.05, 0) is 31.0 Å². The summed E-state index contributed by atoms with van der Waals surface area (Å²) in [4.78, 5) is 41.4. The molecule has 0 radical (unpaired) electrons. The van der Waals surface area contributed by atoms with E-state index >= 15 is 0 Å². The Balaban J connectivity index is 1.46. The van der Waals surface area contributed by atoms with Crippen LogP contribution in [-0.4, -0.2) is 26.5 Å². The fourth-order valence-electron chi connectivity index (χ4n) is 3.66. The number of nitrogens with zero attached hydrogens (tertiary/aromatic N) is 3. The van der Waals surface area contributed by atoms with Gasteiger partial charge in [-0.25, -0.2) is 9.78 Å². The minimum Gasteiger partial charge on any atom is -0.456 e. The van der Waals surface area contributed by atoms with E-state index in [2.05, 4.69) is 15.4 Å². The van der Waals surface area contributed by atoms with E-state index in [-0.39, 0.29) is 18.1 Å². The molecule has 8 nitrogen and oxygen atoms in total. The van der Waals surface area contributed by atoms with Crippen LogP contribution < -0.4 is 10.9 Å². The van der Waals surface area contributed by atoms with Crippen molar-refractivity contribution in [2.45, 2.75) is 58.0 Å². The van der Waals surface area contributed by atoms with Crippen LogP contribution in [0.2, 0.25) is 0 Å². The molecule has 0 bridgehead atoms. The van der Waals surface area contributed by atoms with Crippen LogP contribution in [0.3, 0.4) is 0 Å². The van der Waals surface area contributed by atoms with E-state index < -0.39 is 5.97 Å². The number of hydrogen-bond donors (Lipinski definition) is 1. The van der Waals surface area contributed by atoms with Crippen molar-refractivity contribution < 1.29 is 14.3 Å². The molecule has 0 spiro atoms. The molecule has 1 aromatic carbocycles. The Hall–Kier alpha value is -3.07. The number of carbonyl (C=O) groups excluding carboxylic acids is 2. The predicted octanol–water partition coefficient (Wildman–Crippen LogP) is 3.90. The summed E-state index contributed by atoms with van der Waals surface area (Å²) in [5.74, 6) is -0.302. The number of benzene rings is 1. The third-order valence-corrected chi connectivity index (χ3v) is 6.39. The number of rotatable bonds is 6. The molecule has 0 atom stereocenters. The number of carbonyl (C=O) groups is 2. The Morgan fingerprint density at radius 3 is 2.81 bits per heavy atom. The molecule has 0 unspecified atom stereocenters. The molecule has 2 heterocycles. The van der Waals surface area contributed by atoms with Gasteiger partial charge in [0.15, 0.2) is 0 Å². The summed E-state index contributed by atoms with van der Waals surface area (Å²) in [7, 11) is 0. The SMILES string of the molecule is CCC(=O)Nc1cccc(C(=O)OCc2cc(=O)n3nc(C4CCCCC4)sc3n2)c1. The second-order valence-electron chi connectivity index (χ2n) is 7.61. The number of fused-ring (bicyclic) bond motifs is 1. The number of hydrogen-bond acceptors (Lipinski definition) is 7. The summed E-state index contributed by atoms with van der Waals surface area (Å²) in [6.45, 7) is 1.63. The van der Waals surface area contributed by atoms with Crippen molar-refractivity contribution in [2.75, 3.05) is 5.32 Å². The monoisotopic (exact) mass is 440 g/mol. The number of esters is 1.